The molecule has 0 radical (unpaired) electrons. The lowest BCUT2D eigenvalue weighted by atomic mass is 10.2. The summed E-state index contributed by atoms with van der Waals surface area (Å²) in [5.74, 6) is 5.35. The second kappa shape index (κ2) is 21.2. The SMILES string of the molecule is CC(=O)CCOCCOCCOCCOCCNC(=O)CCCCCNN. The molecule has 0 saturated carbocycles. The lowest BCUT2D eigenvalue weighted by molar-refractivity contribution is -0.121. The summed E-state index contributed by atoms with van der Waals surface area (Å²) in [7, 11) is 0. The van der Waals surface area contributed by atoms with Gasteiger partial charge in [0, 0.05) is 25.9 Å². The van der Waals surface area contributed by atoms with Gasteiger partial charge in [-0.05, 0) is 19.8 Å². The Bertz CT molecular complexity index is 358. The normalized spacial score (nSPS) is 10.9. The molecular weight excluding hydrogens is 354 g/mol. The Balaban J connectivity index is 3.12. The monoisotopic (exact) mass is 391 g/mol. The Labute approximate surface area is 162 Å². The molecule has 0 aromatic carbocycles. The molecule has 0 aliphatic rings. The van der Waals surface area contributed by atoms with Gasteiger partial charge >= 0.3 is 0 Å². The molecule has 0 spiro atoms. The molecule has 0 aromatic rings. The minimum atomic E-state index is 0.0537. The van der Waals surface area contributed by atoms with Gasteiger partial charge in [-0.25, -0.2) is 0 Å². The van der Waals surface area contributed by atoms with Gasteiger partial charge in [0.1, 0.15) is 5.78 Å². The third-order valence-corrected chi connectivity index (χ3v) is 3.51. The van der Waals surface area contributed by atoms with Crippen LogP contribution in [0.25, 0.3) is 0 Å². The molecule has 0 aliphatic carbocycles. The predicted molar refractivity (Wildman–Crippen MR) is 102 cm³/mol. The average molecular weight is 392 g/mol. The molecule has 1 amide bonds. The molecule has 0 aliphatic heterocycles. The van der Waals surface area contributed by atoms with Crippen LogP contribution in [0, 0.1) is 0 Å². The molecule has 0 bridgehead atoms. The molecule has 160 valence electrons. The lowest BCUT2D eigenvalue weighted by Gasteiger charge is -2.08. The number of hydrogen-bond acceptors (Lipinski definition) is 8. The quantitative estimate of drug-likeness (QED) is 0.144. The molecule has 4 N–H and O–H groups in total. The maximum absolute atomic E-state index is 11.6. The van der Waals surface area contributed by atoms with Crippen LogP contribution in [0.2, 0.25) is 0 Å². The first-order valence-electron chi connectivity index (χ1n) is 9.67. The summed E-state index contributed by atoms with van der Waals surface area (Å²) in [5.41, 5.74) is 2.59. The number of Topliss-reactive ketones (excluding diaryl/α,β-unsaturated/α-hetero) is 1. The molecule has 0 atom stereocenters. The molecule has 9 nitrogen and oxygen atoms in total. The van der Waals surface area contributed by atoms with E-state index in [1.54, 1.807) is 6.92 Å². The Hall–Kier alpha value is -1.10. The van der Waals surface area contributed by atoms with Gasteiger partial charge in [-0.15, -0.1) is 0 Å². The zero-order chi connectivity index (χ0) is 20.0. The summed E-state index contributed by atoms with van der Waals surface area (Å²) in [5, 5.41) is 2.82. The van der Waals surface area contributed by atoms with Crippen LogP contribution >= 0.6 is 0 Å². The molecule has 0 saturated heterocycles. The van der Waals surface area contributed by atoms with Crippen molar-refractivity contribution in [1.29, 1.82) is 0 Å². The van der Waals surface area contributed by atoms with Crippen molar-refractivity contribution in [2.75, 3.05) is 65.9 Å². The van der Waals surface area contributed by atoms with Gasteiger partial charge in [0.2, 0.25) is 5.91 Å². The molecule has 0 heterocycles. The van der Waals surface area contributed by atoms with Crippen LogP contribution < -0.4 is 16.6 Å². The highest BCUT2D eigenvalue weighted by molar-refractivity contribution is 5.75. The van der Waals surface area contributed by atoms with Gasteiger partial charge in [-0.1, -0.05) is 6.42 Å². The van der Waals surface area contributed by atoms with Gasteiger partial charge in [-0.3, -0.25) is 20.9 Å². The first-order valence-corrected chi connectivity index (χ1v) is 9.67. The number of unbranched alkanes of at least 4 members (excludes halogenated alkanes) is 2. The van der Waals surface area contributed by atoms with Crippen molar-refractivity contribution in [1.82, 2.24) is 10.7 Å². The number of nitrogens with two attached hydrogens (primary N) is 1. The summed E-state index contributed by atoms with van der Waals surface area (Å²) in [6.45, 7) is 6.67. The van der Waals surface area contributed by atoms with Crippen molar-refractivity contribution in [3.05, 3.63) is 0 Å². The highest BCUT2D eigenvalue weighted by Gasteiger charge is 2.00. The number of ketones is 1. The number of carbonyl (C=O) groups excluding carboxylic acids is 2. The summed E-state index contributed by atoms with van der Waals surface area (Å²) in [6.07, 6.45) is 3.82. The third-order valence-electron chi connectivity index (χ3n) is 3.51. The van der Waals surface area contributed by atoms with Crippen LogP contribution in [0.15, 0.2) is 0 Å². The van der Waals surface area contributed by atoms with Crippen LogP contribution in [0.4, 0.5) is 0 Å². The summed E-state index contributed by atoms with van der Waals surface area (Å²) >= 11 is 0. The number of carbonyl (C=O) groups is 2. The zero-order valence-corrected chi connectivity index (χ0v) is 16.6. The maximum atomic E-state index is 11.6. The zero-order valence-electron chi connectivity index (χ0n) is 16.6. The highest BCUT2D eigenvalue weighted by Crippen LogP contribution is 1.98. The van der Waals surface area contributed by atoms with E-state index in [1.807, 2.05) is 0 Å². The topological polar surface area (TPSA) is 121 Å². The van der Waals surface area contributed by atoms with E-state index in [1.165, 1.54) is 0 Å². The molecule has 0 aromatic heterocycles. The van der Waals surface area contributed by atoms with Crippen LogP contribution in [0.5, 0.6) is 0 Å². The van der Waals surface area contributed by atoms with Crippen LogP contribution in [-0.4, -0.2) is 77.6 Å². The van der Waals surface area contributed by atoms with Crippen LogP contribution in [-0.2, 0) is 28.5 Å². The average Bonchev–Trinajstić information content (AvgIpc) is 2.64. The predicted octanol–water partition coefficient (Wildman–Crippen LogP) is 0.172. The lowest BCUT2D eigenvalue weighted by Crippen LogP contribution is -2.27. The van der Waals surface area contributed by atoms with E-state index in [0.29, 0.717) is 72.2 Å². The second-order valence-corrected chi connectivity index (χ2v) is 6.02. The fraction of sp³-hybridized carbons (Fsp3) is 0.889. The Morgan fingerprint density at radius 1 is 0.704 bits per heavy atom. The minimum absolute atomic E-state index is 0.0537. The summed E-state index contributed by atoms with van der Waals surface area (Å²) in [4.78, 5) is 22.3. The second-order valence-electron chi connectivity index (χ2n) is 6.02. The number of ether oxygens (including phenoxy) is 4. The maximum Gasteiger partial charge on any atom is 0.220 e. The van der Waals surface area contributed by atoms with Crippen LogP contribution in [0.1, 0.15) is 39.0 Å². The van der Waals surface area contributed by atoms with E-state index in [9.17, 15) is 9.59 Å². The van der Waals surface area contributed by atoms with E-state index >= 15 is 0 Å². The molecular formula is C18H37N3O6. The van der Waals surface area contributed by atoms with Crippen molar-refractivity contribution in [3.63, 3.8) is 0 Å². The van der Waals surface area contributed by atoms with Gasteiger partial charge < -0.3 is 24.3 Å². The number of amides is 1. The molecule has 0 unspecified atom stereocenters. The Morgan fingerprint density at radius 2 is 1.26 bits per heavy atom. The van der Waals surface area contributed by atoms with E-state index < -0.39 is 0 Å². The largest absolute Gasteiger partial charge is 0.379 e. The van der Waals surface area contributed by atoms with E-state index in [2.05, 4.69) is 10.7 Å². The van der Waals surface area contributed by atoms with Crippen molar-refractivity contribution in [2.45, 2.75) is 39.0 Å². The van der Waals surface area contributed by atoms with Crippen molar-refractivity contribution >= 4 is 11.7 Å². The number of hydrazine groups is 1. The molecule has 0 rings (SSSR count). The summed E-state index contributed by atoms with van der Waals surface area (Å²) < 4.78 is 21.3. The highest BCUT2D eigenvalue weighted by atomic mass is 16.6. The number of nitrogens with one attached hydrogen (secondary N) is 2. The van der Waals surface area contributed by atoms with Gasteiger partial charge in [-0.2, -0.15) is 0 Å². The van der Waals surface area contributed by atoms with E-state index in [0.717, 1.165) is 25.8 Å². The minimum Gasteiger partial charge on any atom is -0.379 e. The van der Waals surface area contributed by atoms with Crippen molar-refractivity contribution in [3.8, 4) is 0 Å². The molecule has 27 heavy (non-hydrogen) atoms. The number of hydrogen-bond donors (Lipinski definition) is 3. The number of rotatable bonds is 21. The first-order chi connectivity index (χ1) is 13.2. The third kappa shape index (κ3) is 22.9. The summed E-state index contributed by atoms with van der Waals surface area (Å²) in [6, 6.07) is 0. The van der Waals surface area contributed by atoms with Crippen LogP contribution in [0.3, 0.4) is 0 Å². The smallest absolute Gasteiger partial charge is 0.220 e. The van der Waals surface area contributed by atoms with Crippen molar-refractivity contribution in [2.24, 2.45) is 5.84 Å². The Morgan fingerprint density at radius 3 is 1.81 bits per heavy atom. The van der Waals surface area contributed by atoms with Gasteiger partial charge in [0.15, 0.2) is 0 Å². The molecule has 0 fully saturated rings. The van der Waals surface area contributed by atoms with Gasteiger partial charge in [0.05, 0.1) is 52.9 Å². The molecule has 9 heteroatoms. The van der Waals surface area contributed by atoms with Crippen molar-refractivity contribution < 1.29 is 28.5 Å². The fourth-order valence-corrected chi connectivity index (χ4v) is 2.02. The Kier molecular flexibility index (Phi) is 20.3. The van der Waals surface area contributed by atoms with E-state index in [4.69, 9.17) is 24.8 Å². The fourth-order valence-electron chi connectivity index (χ4n) is 2.02. The van der Waals surface area contributed by atoms with Gasteiger partial charge in [0.25, 0.3) is 0 Å². The van der Waals surface area contributed by atoms with E-state index in [-0.39, 0.29) is 11.7 Å². The standard InChI is InChI=1S/C18H37N3O6/c1-17(22)6-9-24-11-13-26-15-16-27-14-12-25-10-8-20-18(23)5-3-2-4-7-21-19/h21H,2-16,19H2,1H3,(H,20,23). The first kappa shape index (κ1) is 25.9.